The molecule has 0 radical (unpaired) electrons. The number of carbonyl (C=O) groups excluding carboxylic acids is 2. The maximum absolute atomic E-state index is 9.06. The van der Waals surface area contributed by atoms with Gasteiger partial charge in [-0.15, -0.1) is 0 Å². The third kappa shape index (κ3) is 439. The van der Waals surface area contributed by atoms with Crippen molar-refractivity contribution in [2.75, 3.05) is 0 Å². The van der Waals surface area contributed by atoms with E-state index in [4.69, 9.17) is 9.59 Å². The summed E-state index contributed by atoms with van der Waals surface area (Å²) < 4.78 is 2.87. The zero-order valence-corrected chi connectivity index (χ0v) is 7.89. The molecule has 0 aliphatic heterocycles. The van der Waals surface area contributed by atoms with Crippen molar-refractivity contribution < 1.29 is 25.8 Å². The van der Waals surface area contributed by atoms with Gasteiger partial charge in [0.2, 0.25) is 0 Å². The summed E-state index contributed by atoms with van der Waals surface area (Å²) in [6, 6.07) is 0. The van der Waals surface area contributed by atoms with Crippen molar-refractivity contribution in [3.05, 3.63) is 39.2 Å². The summed E-state index contributed by atoms with van der Waals surface area (Å²) in [5.41, 5.74) is 0. The van der Waals surface area contributed by atoms with Gasteiger partial charge in [-0.05, 0) is 0 Å². The molecule has 0 unspecified atom stereocenters. The number of rotatable bonds is 0. The van der Waals surface area contributed by atoms with Crippen molar-refractivity contribution >= 4 is 8.95 Å². The minimum atomic E-state index is -0.842. The Morgan fingerprint density at radius 1 is 1.09 bits per heavy atom. The molecule has 11 heavy (non-hydrogen) atoms. The Bertz CT molecular complexity index is 162. The molecule has 0 amide bonds. The normalized spacial score (nSPS) is 4.36. The van der Waals surface area contributed by atoms with E-state index in [1.807, 2.05) is 0 Å². The molecule has 3 heteroatoms. The predicted molar refractivity (Wildman–Crippen MR) is 42.5 cm³/mol. The van der Waals surface area contributed by atoms with Crippen molar-refractivity contribution in [1.82, 2.24) is 0 Å². The van der Waals surface area contributed by atoms with E-state index in [1.165, 1.54) is 21.1 Å². The fraction of sp³-hybridized carbons (Fsp3) is 0. The van der Waals surface area contributed by atoms with Crippen LogP contribution in [0.15, 0.2) is 25.3 Å². The van der Waals surface area contributed by atoms with Gasteiger partial charge >= 0.3 is 34.8 Å². The SMILES string of the molecule is C=C[CH2-].C=C[CH2-].O=[C]=[Ru]=[C]=O. The van der Waals surface area contributed by atoms with Crippen LogP contribution in [-0.2, 0) is 25.8 Å². The van der Waals surface area contributed by atoms with Gasteiger partial charge in [0.05, 0.1) is 0 Å². The first kappa shape index (κ1) is 16.5. The second-order valence-corrected chi connectivity index (χ2v) is 1.95. The van der Waals surface area contributed by atoms with E-state index in [9.17, 15) is 0 Å². The third-order valence-electron chi connectivity index (χ3n) is 0.0722. The molecule has 64 valence electrons. The average molecular weight is 239 g/mol. The first-order valence-electron chi connectivity index (χ1n) is 2.39. The van der Waals surface area contributed by atoms with Gasteiger partial charge in [0.15, 0.2) is 0 Å². The maximum atomic E-state index is 9.06. The molecule has 2 nitrogen and oxygen atoms in total. The van der Waals surface area contributed by atoms with E-state index in [0.29, 0.717) is 0 Å². The second-order valence-electron chi connectivity index (χ2n) is 0.810. The molecule has 0 atom stereocenters. The average Bonchev–Trinajstić information content (AvgIpc) is 1.92. The summed E-state index contributed by atoms with van der Waals surface area (Å²) in [6.07, 6.45) is 3.00. The molecule has 0 saturated carbocycles. The second kappa shape index (κ2) is 36.0. The monoisotopic (exact) mass is 240 g/mol. The van der Waals surface area contributed by atoms with Crippen molar-refractivity contribution in [3.8, 4) is 0 Å². The van der Waals surface area contributed by atoms with Crippen LogP contribution < -0.4 is 0 Å². The van der Waals surface area contributed by atoms with E-state index in [2.05, 4.69) is 27.0 Å². The molecule has 0 heterocycles. The number of allylic oxidation sites excluding steroid dienone is 2. The third-order valence-corrected chi connectivity index (χ3v) is 0.427. The van der Waals surface area contributed by atoms with Crippen LogP contribution >= 0.6 is 0 Å². The van der Waals surface area contributed by atoms with Crippen molar-refractivity contribution in [1.29, 1.82) is 0 Å². The van der Waals surface area contributed by atoms with Gasteiger partial charge in [-0.3, -0.25) is 0 Å². The first-order chi connectivity index (χ1) is 5.24. The van der Waals surface area contributed by atoms with Crippen molar-refractivity contribution in [2.24, 2.45) is 0 Å². The minimum absolute atomic E-state index is 0.842. The summed E-state index contributed by atoms with van der Waals surface area (Å²) >= 11 is -0.842. The summed E-state index contributed by atoms with van der Waals surface area (Å²) in [4.78, 5) is 18.1. The van der Waals surface area contributed by atoms with Crippen molar-refractivity contribution in [2.45, 2.75) is 0 Å². The zero-order valence-electron chi connectivity index (χ0n) is 6.15. The molecule has 0 aliphatic rings. The molecule has 0 rings (SSSR count). The van der Waals surface area contributed by atoms with Gasteiger partial charge in [0.1, 0.15) is 0 Å². The molecule has 0 fully saturated rings. The Kier molecular flexibility index (Phi) is 54.1. The van der Waals surface area contributed by atoms with Gasteiger partial charge in [-0.1, -0.05) is 0 Å². The van der Waals surface area contributed by atoms with Crippen LogP contribution in [-0.4, -0.2) is 8.95 Å². The van der Waals surface area contributed by atoms with Crippen LogP contribution in [0, 0.1) is 13.8 Å². The van der Waals surface area contributed by atoms with Gasteiger partial charge in [-0.2, -0.15) is 0 Å². The van der Waals surface area contributed by atoms with E-state index in [0.717, 1.165) is 0 Å². The Morgan fingerprint density at radius 3 is 1.27 bits per heavy atom. The summed E-state index contributed by atoms with van der Waals surface area (Å²) in [6.45, 7) is 13.0. The van der Waals surface area contributed by atoms with Gasteiger partial charge < -0.3 is 0 Å². The molecule has 0 spiro atoms. The Morgan fingerprint density at radius 2 is 1.27 bits per heavy atom. The Balaban J connectivity index is -0.0000000933. The molecule has 0 aromatic carbocycles. The molecule has 0 aliphatic carbocycles. The fourth-order valence-electron chi connectivity index (χ4n) is 0.0147. The van der Waals surface area contributed by atoms with Crippen LogP contribution in [0.2, 0.25) is 0 Å². The van der Waals surface area contributed by atoms with E-state index in [1.54, 1.807) is 0 Å². The molecule has 0 N–H and O–H groups in total. The van der Waals surface area contributed by atoms with Crippen LogP contribution in [0.25, 0.3) is 0 Å². The van der Waals surface area contributed by atoms with Crippen LogP contribution in [0.5, 0.6) is 0 Å². The molecule has 0 saturated heterocycles. The van der Waals surface area contributed by atoms with Crippen molar-refractivity contribution in [3.63, 3.8) is 0 Å². The van der Waals surface area contributed by atoms with E-state index in [-0.39, 0.29) is 0 Å². The van der Waals surface area contributed by atoms with Gasteiger partial charge in [0, 0.05) is 0 Å². The number of hydrogen-bond donors (Lipinski definition) is 0. The first-order valence-corrected chi connectivity index (χ1v) is 4.13. The van der Waals surface area contributed by atoms with Gasteiger partial charge in [0.25, 0.3) is 0 Å². The number of hydrogen-bond acceptors (Lipinski definition) is 2. The summed E-state index contributed by atoms with van der Waals surface area (Å²) in [7, 11) is 0. The van der Waals surface area contributed by atoms with Gasteiger partial charge in [-0.25, -0.2) is 39.2 Å². The molecular formula is C8H10O2Ru-2. The van der Waals surface area contributed by atoms with E-state index >= 15 is 0 Å². The van der Waals surface area contributed by atoms with Crippen LogP contribution in [0.4, 0.5) is 0 Å². The molecular weight excluding hydrogens is 229 g/mol. The van der Waals surface area contributed by atoms with Crippen LogP contribution in [0.1, 0.15) is 0 Å². The topological polar surface area (TPSA) is 34.1 Å². The molecule has 0 bridgehead atoms. The van der Waals surface area contributed by atoms with Crippen LogP contribution in [0.3, 0.4) is 0 Å². The molecule has 0 aromatic heterocycles. The Hall–Kier alpha value is -0.997. The van der Waals surface area contributed by atoms with E-state index < -0.39 is 16.2 Å². The standard InChI is InChI=1S/2C3H5.2CO.Ru/c2*1-3-2;2*1-2;/h2*3H,1-2H2;;;/q2*-1;;;. The fourth-order valence-corrected chi connectivity index (χ4v) is 0.0872. The molecule has 0 aromatic rings. The predicted octanol–water partition coefficient (Wildman–Crippen LogP) is 1.22. The Labute approximate surface area is 74.3 Å². The summed E-state index contributed by atoms with van der Waals surface area (Å²) in [5, 5.41) is 0. The quantitative estimate of drug-likeness (QED) is 0.470. The zero-order chi connectivity index (χ0) is 9.54. The summed E-state index contributed by atoms with van der Waals surface area (Å²) in [5.74, 6) is 0.